The van der Waals surface area contributed by atoms with Crippen molar-refractivity contribution in [3.63, 3.8) is 0 Å². The molecule has 0 unspecified atom stereocenters. The molecule has 0 radical (unpaired) electrons. The number of rotatable bonds is 9. The van der Waals surface area contributed by atoms with Crippen LogP contribution in [0.15, 0.2) is 77.7 Å². The van der Waals surface area contributed by atoms with E-state index in [2.05, 4.69) is 10.0 Å². The van der Waals surface area contributed by atoms with Crippen molar-refractivity contribution in [2.45, 2.75) is 31.2 Å². The fourth-order valence-corrected chi connectivity index (χ4v) is 4.67. The van der Waals surface area contributed by atoms with E-state index in [9.17, 15) is 13.2 Å². The molecule has 0 aromatic heterocycles. The second kappa shape index (κ2) is 10.6. The SMILES string of the molecule is CCOc1ccc(S(=O)(=O)N[C@@H](Cc2ccccc2)C(=O)Nc2cccc(Cl)c2)cc1C. The van der Waals surface area contributed by atoms with Crippen LogP contribution in [0.25, 0.3) is 0 Å². The molecule has 0 saturated carbocycles. The average molecular weight is 473 g/mol. The first-order valence-electron chi connectivity index (χ1n) is 10.1. The van der Waals surface area contributed by atoms with Crippen molar-refractivity contribution < 1.29 is 17.9 Å². The number of carbonyl (C=O) groups is 1. The van der Waals surface area contributed by atoms with E-state index < -0.39 is 22.0 Å². The summed E-state index contributed by atoms with van der Waals surface area (Å²) in [6.07, 6.45) is 0.183. The molecule has 3 aromatic carbocycles. The molecule has 32 heavy (non-hydrogen) atoms. The van der Waals surface area contributed by atoms with Crippen molar-refractivity contribution in [1.82, 2.24) is 4.72 Å². The largest absolute Gasteiger partial charge is 0.494 e. The fraction of sp³-hybridized carbons (Fsp3) is 0.208. The van der Waals surface area contributed by atoms with Gasteiger partial charge in [0.05, 0.1) is 11.5 Å². The van der Waals surface area contributed by atoms with Crippen LogP contribution in [0.4, 0.5) is 5.69 Å². The summed E-state index contributed by atoms with van der Waals surface area (Å²) in [6.45, 7) is 4.11. The van der Waals surface area contributed by atoms with Crippen LogP contribution in [0.3, 0.4) is 0 Å². The molecule has 3 rings (SSSR count). The Balaban J connectivity index is 1.87. The molecule has 0 heterocycles. The molecule has 0 bridgehead atoms. The van der Waals surface area contributed by atoms with Crippen molar-refractivity contribution in [2.75, 3.05) is 11.9 Å². The molecule has 0 aliphatic heterocycles. The molecule has 0 aliphatic carbocycles. The third-order valence-electron chi connectivity index (χ3n) is 4.75. The highest BCUT2D eigenvalue weighted by Gasteiger charge is 2.27. The molecule has 1 atom stereocenters. The van der Waals surface area contributed by atoms with Gasteiger partial charge in [0, 0.05) is 10.7 Å². The number of sulfonamides is 1. The zero-order valence-corrected chi connectivity index (χ0v) is 19.4. The number of halogens is 1. The Hall–Kier alpha value is -2.87. The van der Waals surface area contributed by atoms with Gasteiger partial charge in [-0.3, -0.25) is 4.79 Å². The number of hydrogen-bond acceptors (Lipinski definition) is 4. The Morgan fingerprint density at radius 3 is 2.44 bits per heavy atom. The quantitative estimate of drug-likeness (QED) is 0.477. The van der Waals surface area contributed by atoms with Crippen LogP contribution in [-0.2, 0) is 21.2 Å². The van der Waals surface area contributed by atoms with Crippen molar-refractivity contribution in [2.24, 2.45) is 0 Å². The smallest absolute Gasteiger partial charge is 0.242 e. The normalized spacial score (nSPS) is 12.2. The molecular formula is C24H25ClN2O4S. The molecule has 6 nitrogen and oxygen atoms in total. The summed E-state index contributed by atoms with van der Waals surface area (Å²) in [6, 6.07) is 19.5. The number of aryl methyl sites for hydroxylation is 1. The van der Waals surface area contributed by atoms with Gasteiger partial charge in [0.2, 0.25) is 15.9 Å². The van der Waals surface area contributed by atoms with E-state index in [4.69, 9.17) is 16.3 Å². The Morgan fingerprint density at radius 2 is 1.78 bits per heavy atom. The van der Waals surface area contributed by atoms with Crippen LogP contribution >= 0.6 is 11.6 Å². The first-order chi connectivity index (χ1) is 15.3. The van der Waals surface area contributed by atoms with Gasteiger partial charge in [-0.2, -0.15) is 4.72 Å². The van der Waals surface area contributed by atoms with Gasteiger partial charge in [-0.1, -0.05) is 48.0 Å². The van der Waals surface area contributed by atoms with Crippen LogP contribution in [0.1, 0.15) is 18.1 Å². The Morgan fingerprint density at radius 1 is 1.03 bits per heavy atom. The van der Waals surface area contributed by atoms with Gasteiger partial charge in [0.1, 0.15) is 11.8 Å². The van der Waals surface area contributed by atoms with Crippen LogP contribution in [0, 0.1) is 6.92 Å². The molecule has 3 aromatic rings. The minimum Gasteiger partial charge on any atom is -0.494 e. The van der Waals surface area contributed by atoms with Gasteiger partial charge in [0.15, 0.2) is 0 Å². The third kappa shape index (κ3) is 6.32. The monoisotopic (exact) mass is 472 g/mol. The number of benzene rings is 3. The summed E-state index contributed by atoms with van der Waals surface area (Å²) < 4.78 is 34.3. The number of ether oxygens (including phenoxy) is 1. The summed E-state index contributed by atoms with van der Waals surface area (Å²) in [5, 5.41) is 3.21. The molecule has 168 valence electrons. The zero-order chi connectivity index (χ0) is 23.1. The zero-order valence-electron chi connectivity index (χ0n) is 17.8. The summed E-state index contributed by atoms with van der Waals surface area (Å²) in [7, 11) is -3.97. The van der Waals surface area contributed by atoms with E-state index in [0.29, 0.717) is 28.6 Å². The van der Waals surface area contributed by atoms with Gasteiger partial charge in [-0.25, -0.2) is 8.42 Å². The highest BCUT2D eigenvalue weighted by atomic mass is 35.5. The minimum absolute atomic E-state index is 0.0621. The van der Waals surface area contributed by atoms with E-state index in [1.54, 1.807) is 37.3 Å². The van der Waals surface area contributed by atoms with Gasteiger partial charge in [-0.05, 0) is 67.8 Å². The topological polar surface area (TPSA) is 84.5 Å². The Kier molecular flexibility index (Phi) is 7.90. The number of carbonyl (C=O) groups excluding carboxylic acids is 1. The first kappa shape index (κ1) is 23.8. The maximum Gasteiger partial charge on any atom is 0.242 e. The van der Waals surface area contributed by atoms with E-state index >= 15 is 0 Å². The van der Waals surface area contributed by atoms with E-state index in [-0.39, 0.29) is 11.3 Å². The fourth-order valence-electron chi connectivity index (χ4n) is 3.20. The molecule has 0 spiro atoms. The van der Waals surface area contributed by atoms with Gasteiger partial charge in [0.25, 0.3) is 0 Å². The van der Waals surface area contributed by atoms with Gasteiger partial charge < -0.3 is 10.1 Å². The lowest BCUT2D eigenvalue weighted by molar-refractivity contribution is -0.117. The molecule has 1 amide bonds. The summed E-state index contributed by atoms with van der Waals surface area (Å²) in [4.78, 5) is 13.1. The van der Waals surface area contributed by atoms with E-state index in [1.165, 1.54) is 12.1 Å². The average Bonchev–Trinajstić information content (AvgIpc) is 2.75. The van der Waals surface area contributed by atoms with Crippen molar-refractivity contribution >= 4 is 33.2 Å². The van der Waals surface area contributed by atoms with Crippen molar-refractivity contribution in [1.29, 1.82) is 0 Å². The Labute approximate surface area is 193 Å². The summed E-state index contributed by atoms with van der Waals surface area (Å²) in [5.74, 6) is 0.133. The summed E-state index contributed by atoms with van der Waals surface area (Å²) in [5.41, 5.74) is 2.00. The lowest BCUT2D eigenvalue weighted by Gasteiger charge is -2.19. The molecule has 8 heteroatoms. The molecule has 0 saturated heterocycles. The van der Waals surface area contributed by atoms with Crippen LogP contribution in [0.2, 0.25) is 5.02 Å². The van der Waals surface area contributed by atoms with Crippen LogP contribution in [0.5, 0.6) is 5.75 Å². The maximum atomic E-state index is 13.1. The molecule has 0 fully saturated rings. The van der Waals surface area contributed by atoms with Gasteiger partial charge in [-0.15, -0.1) is 0 Å². The van der Waals surface area contributed by atoms with Crippen molar-refractivity contribution in [3.8, 4) is 5.75 Å². The number of amides is 1. The number of anilines is 1. The lowest BCUT2D eigenvalue weighted by atomic mass is 10.1. The Bertz CT molecular complexity index is 1180. The first-order valence-corrected chi connectivity index (χ1v) is 12.0. The second-order valence-corrected chi connectivity index (χ2v) is 9.37. The summed E-state index contributed by atoms with van der Waals surface area (Å²) >= 11 is 6.00. The predicted molar refractivity (Wildman–Crippen MR) is 127 cm³/mol. The van der Waals surface area contributed by atoms with Crippen molar-refractivity contribution in [3.05, 3.63) is 88.9 Å². The predicted octanol–water partition coefficient (Wildman–Crippen LogP) is 4.58. The molecule has 0 aliphatic rings. The lowest BCUT2D eigenvalue weighted by Crippen LogP contribution is -2.45. The molecular weight excluding hydrogens is 448 g/mol. The molecule has 2 N–H and O–H groups in total. The standard InChI is InChI=1S/C24H25ClN2O4S/c1-3-31-23-13-12-21(14-17(23)2)32(29,30)27-22(15-18-8-5-4-6-9-18)24(28)26-20-11-7-10-19(25)16-20/h4-14,16,22,27H,3,15H2,1-2H3,(H,26,28)/t22-/m0/s1. The number of hydrogen-bond donors (Lipinski definition) is 2. The number of nitrogens with one attached hydrogen (secondary N) is 2. The van der Waals surface area contributed by atoms with E-state index in [1.807, 2.05) is 37.3 Å². The minimum atomic E-state index is -3.97. The third-order valence-corrected chi connectivity index (χ3v) is 6.45. The highest BCUT2D eigenvalue weighted by molar-refractivity contribution is 7.89. The van der Waals surface area contributed by atoms with E-state index in [0.717, 1.165) is 5.56 Å². The highest BCUT2D eigenvalue weighted by Crippen LogP contribution is 2.22. The second-order valence-electron chi connectivity index (χ2n) is 7.22. The van der Waals surface area contributed by atoms with Crippen LogP contribution in [-0.4, -0.2) is 27.0 Å². The van der Waals surface area contributed by atoms with Crippen LogP contribution < -0.4 is 14.8 Å². The van der Waals surface area contributed by atoms with Gasteiger partial charge >= 0.3 is 0 Å². The maximum absolute atomic E-state index is 13.1.